The molecule has 2 aromatic heterocycles. The molecule has 16 heavy (non-hydrogen) atoms. The van der Waals surface area contributed by atoms with Crippen LogP contribution in [0, 0.1) is 0 Å². The lowest BCUT2D eigenvalue weighted by atomic mass is 10.6. The molecule has 6 nitrogen and oxygen atoms in total. The Morgan fingerprint density at radius 1 is 1.50 bits per heavy atom. The summed E-state index contributed by atoms with van der Waals surface area (Å²) in [5.74, 6) is 0. The summed E-state index contributed by atoms with van der Waals surface area (Å²) in [5.41, 5.74) is -0.962. The molecule has 0 aliphatic carbocycles. The molecule has 2 aromatic rings. The van der Waals surface area contributed by atoms with E-state index in [9.17, 15) is 9.59 Å². The monoisotopic (exact) mass is 322 g/mol. The van der Waals surface area contributed by atoms with Crippen molar-refractivity contribution >= 4 is 38.9 Å². The van der Waals surface area contributed by atoms with Gasteiger partial charge in [-0.15, -0.1) is 10.2 Å². The molecule has 0 saturated heterocycles. The smallest absolute Gasteiger partial charge is 0.293 e. The van der Waals surface area contributed by atoms with Crippen molar-refractivity contribution in [1.29, 1.82) is 0 Å². The molecule has 0 aliphatic heterocycles. The number of rotatable bonds is 2. The second kappa shape index (κ2) is 4.48. The highest BCUT2D eigenvalue weighted by atomic mass is 79.9. The second-order valence-electron chi connectivity index (χ2n) is 2.81. The molecule has 2 heterocycles. The first-order chi connectivity index (χ1) is 7.56. The fourth-order valence-corrected chi connectivity index (χ4v) is 2.26. The van der Waals surface area contributed by atoms with Crippen LogP contribution in [0.1, 0.15) is 5.01 Å². The number of halogens is 2. The molecule has 0 spiro atoms. The number of aromatic nitrogens is 4. The highest BCUT2D eigenvalue weighted by Crippen LogP contribution is 2.15. The van der Waals surface area contributed by atoms with E-state index in [1.807, 2.05) is 0 Å². The van der Waals surface area contributed by atoms with Gasteiger partial charge in [0.15, 0.2) is 0 Å². The normalized spacial score (nSPS) is 10.6. The van der Waals surface area contributed by atoms with E-state index >= 15 is 0 Å². The molecule has 84 valence electrons. The van der Waals surface area contributed by atoms with Crippen molar-refractivity contribution in [2.75, 3.05) is 0 Å². The van der Waals surface area contributed by atoms with Gasteiger partial charge in [0.2, 0.25) is 4.47 Å². The maximum atomic E-state index is 11.4. The Morgan fingerprint density at radius 2 is 2.25 bits per heavy atom. The Hall–Kier alpha value is -0.990. The van der Waals surface area contributed by atoms with Gasteiger partial charge in [-0.1, -0.05) is 11.3 Å². The van der Waals surface area contributed by atoms with Crippen LogP contribution in [-0.2, 0) is 6.54 Å². The summed E-state index contributed by atoms with van der Waals surface area (Å²) in [6, 6.07) is 0. The van der Waals surface area contributed by atoms with Gasteiger partial charge in [0.1, 0.15) is 5.01 Å². The highest BCUT2D eigenvalue weighted by molar-refractivity contribution is 9.10. The summed E-state index contributed by atoms with van der Waals surface area (Å²) in [4.78, 5) is 24.7. The van der Waals surface area contributed by atoms with Crippen molar-refractivity contribution in [3.05, 3.63) is 41.0 Å². The van der Waals surface area contributed by atoms with Crippen LogP contribution < -0.4 is 11.2 Å². The molecule has 0 saturated carbocycles. The van der Waals surface area contributed by atoms with E-state index in [2.05, 4.69) is 31.1 Å². The largest absolute Gasteiger partial charge is 0.328 e. The minimum absolute atomic E-state index is 0.221. The van der Waals surface area contributed by atoms with Crippen molar-refractivity contribution in [3.63, 3.8) is 0 Å². The van der Waals surface area contributed by atoms with E-state index in [-0.39, 0.29) is 11.0 Å². The molecule has 2 rings (SSSR count). The predicted octanol–water partition coefficient (Wildman–Crippen LogP) is 0.852. The van der Waals surface area contributed by atoms with Gasteiger partial charge in [-0.3, -0.25) is 14.3 Å². The summed E-state index contributed by atoms with van der Waals surface area (Å²) in [6.07, 6.45) is 1.40. The number of hydrogen-bond acceptors (Lipinski definition) is 5. The zero-order valence-corrected chi connectivity index (χ0v) is 10.8. The Morgan fingerprint density at radius 3 is 2.88 bits per heavy atom. The number of nitrogens with one attached hydrogen (secondary N) is 1. The Labute approximate surface area is 106 Å². The zero-order valence-electron chi connectivity index (χ0n) is 7.61. The minimum Gasteiger partial charge on any atom is -0.293 e. The fraction of sp³-hybridized carbons (Fsp3) is 0.143. The van der Waals surface area contributed by atoms with Crippen LogP contribution in [-0.4, -0.2) is 19.7 Å². The number of hydrogen-bond donors (Lipinski definition) is 1. The zero-order chi connectivity index (χ0) is 11.7. The first kappa shape index (κ1) is 11.5. The van der Waals surface area contributed by atoms with Gasteiger partial charge in [0.25, 0.3) is 5.56 Å². The number of nitrogens with zero attached hydrogens (tertiary/aromatic N) is 3. The van der Waals surface area contributed by atoms with Gasteiger partial charge in [0.05, 0.1) is 11.0 Å². The standard InChI is InChI=1S/C7H4BrClN4O2S/c8-3-1-13(7(15)10-5(3)14)2-4-11-12-6(9)16-4/h1H,2H2,(H,10,14,15). The average molecular weight is 324 g/mol. The van der Waals surface area contributed by atoms with Crippen LogP contribution in [0.5, 0.6) is 0 Å². The summed E-state index contributed by atoms with van der Waals surface area (Å²) in [7, 11) is 0. The summed E-state index contributed by atoms with van der Waals surface area (Å²) in [5, 5.41) is 7.98. The lowest BCUT2D eigenvalue weighted by molar-refractivity contribution is 0.705. The van der Waals surface area contributed by atoms with Crippen LogP contribution >= 0.6 is 38.9 Å². The molecular formula is C7H4BrClN4O2S. The van der Waals surface area contributed by atoms with E-state index in [0.717, 1.165) is 0 Å². The molecule has 0 radical (unpaired) electrons. The summed E-state index contributed by atoms with van der Waals surface area (Å²) >= 11 is 9.83. The molecular weight excluding hydrogens is 320 g/mol. The maximum Gasteiger partial charge on any atom is 0.328 e. The summed E-state index contributed by atoms with van der Waals surface area (Å²) < 4.78 is 1.90. The molecule has 0 fully saturated rings. The average Bonchev–Trinajstić information content (AvgIpc) is 2.60. The molecule has 0 atom stereocenters. The van der Waals surface area contributed by atoms with Crippen molar-refractivity contribution in [3.8, 4) is 0 Å². The molecule has 9 heteroatoms. The molecule has 0 bridgehead atoms. The first-order valence-corrected chi connectivity index (χ1v) is 6.02. The first-order valence-electron chi connectivity index (χ1n) is 4.03. The van der Waals surface area contributed by atoms with Crippen molar-refractivity contribution in [2.45, 2.75) is 6.54 Å². The second-order valence-corrected chi connectivity index (χ2v) is 5.31. The van der Waals surface area contributed by atoms with Gasteiger partial charge in [0, 0.05) is 6.20 Å². The third-order valence-corrected chi connectivity index (χ3v) is 3.28. The Kier molecular flexibility index (Phi) is 3.22. The quantitative estimate of drug-likeness (QED) is 0.888. The van der Waals surface area contributed by atoms with Crippen molar-refractivity contribution < 1.29 is 0 Å². The molecule has 0 amide bonds. The van der Waals surface area contributed by atoms with Gasteiger partial charge in [-0.05, 0) is 27.5 Å². The van der Waals surface area contributed by atoms with Crippen LogP contribution in [0.4, 0.5) is 0 Å². The van der Waals surface area contributed by atoms with Gasteiger partial charge in [-0.2, -0.15) is 0 Å². The third-order valence-electron chi connectivity index (χ3n) is 1.72. The SMILES string of the molecule is O=c1[nH]c(=O)n(Cc2nnc(Cl)s2)cc1Br. The molecule has 0 aliphatic rings. The fourth-order valence-electron chi connectivity index (χ4n) is 1.04. The minimum atomic E-state index is -0.500. The lowest BCUT2D eigenvalue weighted by Crippen LogP contribution is -2.30. The van der Waals surface area contributed by atoms with Crippen LogP contribution in [0.2, 0.25) is 4.47 Å². The summed E-state index contributed by atoms with van der Waals surface area (Å²) in [6.45, 7) is 0.221. The van der Waals surface area contributed by atoms with E-state index in [1.165, 1.54) is 22.1 Å². The van der Waals surface area contributed by atoms with Gasteiger partial charge in [-0.25, -0.2) is 4.79 Å². The van der Waals surface area contributed by atoms with Gasteiger partial charge >= 0.3 is 5.69 Å². The number of H-pyrrole nitrogens is 1. The van der Waals surface area contributed by atoms with E-state index in [1.54, 1.807) is 0 Å². The van der Waals surface area contributed by atoms with Crippen molar-refractivity contribution in [2.24, 2.45) is 0 Å². The van der Waals surface area contributed by atoms with Crippen LogP contribution in [0.3, 0.4) is 0 Å². The van der Waals surface area contributed by atoms with Crippen LogP contribution in [0.15, 0.2) is 20.3 Å². The van der Waals surface area contributed by atoms with Crippen molar-refractivity contribution in [1.82, 2.24) is 19.7 Å². The van der Waals surface area contributed by atoms with Crippen LogP contribution in [0.25, 0.3) is 0 Å². The highest BCUT2D eigenvalue weighted by Gasteiger charge is 2.06. The Balaban J connectivity index is 2.39. The van der Waals surface area contributed by atoms with E-state index in [0.29, 0.717) is 9.47 Å². The number of aromatic amines is 1. The predicted molar refractivity (Wildman–Crippen MR) is 63.0 cm³/mol. The topological polar surface area (TPSA) is 80.6 Å². The van der Waals surface area contributed by atoms with E-state index in [4.69, 9.17) is 11.6 Å². The van der Waals surface area contributed by atoms with Gasteiger partial charge < -0.3 is 0 Å². The molecule has 0 unspecified atom stereocenters. The maximum absolute atomic E-state index is 11.4. The Bertz CT molecular complexity index is 634. The van der Waals surface area contributed by atoms with E-state index < -0.39 is 11.2 Å². The lowest BCUT2D eigenvalue weighted by Gasteiger charge is -2.01. The third kappa shape index (κ3) is 2.39. The molecule has 1 N–H and O–H groups in total. The molecule has 0 aromatic carbocycles.